The molecule has 0 aromatic carbocycles. The van der Waals surface area contributed by atoms with Crippen LogP contribution in [0.4, 0.5) is 4.79 Å². The highest BCUT2D eigenvalue weighted by Gasteiger charge is 2.35. The van der Waals surface area contributed by atoms with E-state index in [2.05, 4.69) is 5.32 Å². The van der Waals surface area contributed by atoms with Gasteiger partial charge in [0.2, 0.25) is 10.0 Å². The zero-order chi connectivity index (χ0) is 15.7. The maximum atomic E-state index is 12.1. The Balaban J connectivity index is 1.76. The number of carbonyl (C=O) groups excluding carboxylic acids is 1. The number of amides is 1. The quantitative estimate of drug-likeness (QED) is 0.771. The third-order valence-electron chi connectivity index (χ3n) is 3.37. The molecule has 8 heteroatoms. The van der Waals surface area contributed by atoms with Gasteiger partial charge in [0, 0.05) is 19.1 Å². The fourth-order valence-electron chi connectivity index (χ4n) is 2.26. The molecule has 1 atom stereocenters. The van der Waals surface area contributed by atoms with Gasteiger partial charge in [-0.1, -0.05) is 0 Å². The molecule has 122 valence electrons. The molecule has 1 unspecified atom stereocenters. The van der Waals surface area contributed by atoms with Gasteiger partial charge in [-0.2, -0.15) is 0 Å². The average Bonchev–Trinajstić information content (AvgIpc) is 3.10. The highest BCUT2D eigenvalue weighted by atomic mass is 32.2. The molecule has 2 aliphatic rings. The van der Waals surface area contributed by atoms with Crippen molar-refractivity contribution in [3.05, 3.63) is 0 Å². The second-order valence-corrected chi connectivity index (χ2v) is 8.57. The van der Waals surface area contributed by atoms with E-state index in [0.29, 0.717) is 32.5 Å². The summed E-state index contributed by atoms with van der Waals surface area (Å²) >= 11 is 0. The van der Waals surface area contributed by atoms with E-state index < -0.39 is 21.7 Å². The lowest BCUT2D eigenvalue weighted by atomic mass is 10.1. The molecule has 7 nitrogen and oxygen atoms in total. The highest BCUT2D eigenvalue weighted by Crippen LogP contribution is 2.19. The van der Waals surface area contributed by atoms with Crippen molar-refractivity contribution < 1.29 is 22.7 Å². The molecule has 0 aromatic rings. The van der Waals surface area contributed by atoms with Crippen LogP contribution >= 0.6 is 0 Å². The Morgan fingerprint density at radius 3 is 2.38 bits per heavy atom. The van der Waals surface area contributed by atoms with Gasteiger partial charge in [0.1, 0.15) is 5.60 Å². The van der Waals surface area contributed by atoms with Crippen LogP contribution in [0.15, 0.2) is 0 Å². The van der Waals surface area contributed by atoms with Gasteiger partial charge in [-0.3, -0.25) is 0 Å². The van der Waals surface area contributed by atoms with Crippen LogP contribution < -0.4 is 5.32 Å². The van der Waals surface area contributed by atoms with Crippen LogP contribution in [0.1, 0.15) is 33.6 Å². The number of piperidine rings is 1. The highest BCUT2D eigenvalue weighted by molar-refractivity contribution is 7.89. The van der Waals surface area contributed by atoms with Crippen molar-refractivity contribution >= 4 is 16.1 Å². The van der Waals surface area contributed by atoms with Crippen LogP contribution in [-0.2, 0) is 19.5 Å². The Morgan fingerprint density at radius 1 is 1.33 bits per heavy atom. The normalized spacial score (nSPS) is 24.6. The zero-order valence-electron chi connectivity index (χ0n) is 12.8. The molecule has 1 amide bonds. The van der Waals surface area contributed by atoms with E-state index in [-0.39, 0.29) is 17.9 Å². The fourth-order valence-corrected chi connectivity index (χ4v) is 3.90. The van der Waals surface area contributed by atoms with E-state index in [1.54, 1.807) is 0 Å². The average molecular weight is 320 g/mol. The molecule has 21 heavy (non-hydrogen) atoms. The lowest BCUT2D eigenvalue weighted by Gasteiger charge is -2.32. The molecular weight excluding hydrogens is 296 g/mol. The molecular formula is C13H24N2O5S. The summed E-state index contributed by atoms with van der Waals surface area (Å²) in [7, 11) is -3.24. The van der Waals surface area contributed by atoms with Crippen molar-refractivity contribution in [2.75, 3.05) is 25.4 Å². The maximum absolute atomic E-state index is 12.1. The summed E-state index contributed by atoms with van der Waals surface area (Å²) in [4.78, 5) is 11.7. The number of ether oxygens (including phenoxy) is 2. The van der Waals surface area contributed by atoms with Gasteiger partial charge in [0.25, 0.3) is 0 Å². The number of hydrogen-bond donors (Lipinski definition) is 1. The molecule has 2 saturated heterocycles. The summed E-state index contributed by atoms with van der Waals surface area (Å²) in [5.41, 5.74) is -0.529. The molecule has 0 bridgehead atoms. The van der Waals surface area contributed by atoms with E-state index in [1.165, 1.54) is 4.31 Å². The maximum Gasteiger partial charge on any atom is 0.407 e. The summed E-state index contributed by atoms with van der Waals surface area (Å²) < 4.78 is 35.8. The summed E-state index contributed by atoms with van der Waals surface area (Å²) in [6.45, 7) is 6.81. The Labute approximate surface area is 126 Å². The second kappa shape index (κ2) is 6.10. The van der Waals surface area contributed by atoms with Crippen molar-refractivity contribution in [3.8, 4) is 0 Å². The molecule has 0 radical (unpaired) electrons. The van der Waals surface area contributed by atoms with Crippen molar-refractivity contribution in [3.63, 3.8) is 0 Å². The predicted octanol–water partition coefficient (Wildman–Crippen LogP) is 0.704. The van der Waals surface area contributed by atoms with E-state index in [0.717, 1.165) is 0 Å². The number of nitrogens with zero attached hydrogens (tertiary/aromatic N) is 1. The summed E-state index contributed by atoms with van der Waals surface area (Å²) in [5.74, 6) is 0.0666. The lowest BCUT2D eigenvalue weighted by Crippen LogP contribution is -2.48. The summed E-state index contributed by atoms with van der Waals surface area (Å²) in [6, 6.07) is -0.0384. The molecule has 0 spiro atoms. The standard InChI is InChI=1S/C13H24N2O5S/c1-13(2,3)20-12(16)14-10-4-6-15(7-5-10)21(17,18)9-11-8-19-11/h10-11H,4-9H2,1-3H3,(H,14,16). The van der Waals surface area contributed by atoms with Crippen LogP contribution in [0.25, 0.3) is 0 Å². The molecule has 1 N–H and O–H groups in total. The van der Waals surface area contributed by atoms with Crippen LogP contribution in [0.5, 0.6) is 0 Å². The van der Waals surface area contributed by atoms with Gasteiger partial charge < -0.3 is 14.8 Å². The third-order valence-corrected chi connectivity index (χ3v) is 5.31. The first kappa shape index (κ1) is 16.5. The molecule has 0 saturated carbocycles. The number of rotatable bonds is 4. The van der Waals surface area contributed by atoms with Gasteiger partial charge in [0.15, 0.2) is 0 Å². The van der Waals surface area contributed by atoms with E-state index in [9.17, 15) is 13.2 Å². The first-order valence-corrected chi connectivity index (χ1v) is 8.85. The molecule has 2 rings (SSSR count). The van der Waals surface area contributed by atoms with Crippen LogP contribution in [0.2, 0.25) is 0 Å². The minimum absolute atomic E-state index is 0.0384. The monoisotopic (exact) mass is 320 g/mol. The Morgan fingerprint density at radius 2 is 1.90 bits per heavy atom. The van der Waals surface area contributed by atoms with Gasteiger partial charge in [-0.05, 0) is 33.6 Å². The zero-order valence-corrected chi connectivity index (χ0v) is 13.6. The van der Waals surface area contributed by atoms with Gasteiger partial charge in [-0.15, -0.1) is 0 Å². The van der Waals surface area contributed by atoms with Crippen molar-refractivity contribution in [2.24, 2.45) is 0 Å². The topological polar surface area (TPSA) is 88.2 Å². The van der Waals surface area contributed by atoms with Crippen LogP contribution in [0.3, 0.4) is 0 Å². The minimum atomic E-state index is -3.24. The van der Waals surface area contributed by atoms with Gasteiger partial charge in [-0.25, -0.2) is 17.5 Å². The Hall–Kier alpha value is -0.860. The smallest absolute Gasteiger partial charge is 0.407 e. The lowest BCUT2D eigenvalue weighted by molar-refractivity contribution is 0.0489. The number of nitrogens with one attached hydrogen (secondary N) is 1. The van der Waals surface area contributed by atoms with Crippen molar-refractivity contribution in [1.82, 2.24) is 9.62 Å². The molecule has 2 aliphatic heterocycles. The second-order valence-electron chi connectivity index (χ2n) is 6.55. The first-order valence-electron chi connectivity index (χ1n) is 7.25. The van der Waals surface area contributed by atoms with E-state index >= 15 is 0 Å². The largest absolute Gasteiger partial charge is 0.444 e. The predicted molar refractivity (Wildman–Crippen MR) is 77.5 cm³/mol. The number of sulfonamides is 1. The Bertz CT molecular complexity index is 473. The van der Waals surface area contributed by atoms with Crippen LogP contribution in [0, 0.1) is 0 Å². The summed E-state index contributed by atoms with van der Waals surface area (Å²) in [6.07, 6.45) is 0.622. The first-order chi connectivity index (χ1) is 9.66. The third kappa shape index (κ3) is 5.44. The van der Waals surface area contributed by atoms with Gasteiger partial charge in [0.05, 0.1) is 18.5 Å². The van der Waals surface area contributed by atoms with Gasteiger partial charge >= 0.3 is 6.09 Å². The SMILES string of the molecule is CC(C)(C)OC(=O)NC1CCN(S(=O)(=O)CC2CO2)CC1. The number of hydrogen-bond acceptors (Lipinski definition) is 5. The molecule has 0 aliphatic carbocycles. The number of epoxide rings is 1. The fraction of sp³-hybridized carbons (Fsp3) is 0.923. The van der Waals surface area contributed by atoms with E-state index in [1.807, 2.05) is 20.8 Å². The summed E-state index contributed by atoms with van der Waals surface area (Å²) in [5, 5.41) is 2.79. The van der Waals surface area contributed by atoms with Crippen molar-refractivity contribution in [1.29, 1.82) is 0 Å². The number of alkyl carbamates (subject to hydrolysis) is 1. The van der Waals surface area contributed by atoms with E-state index in [4.69, 9.17) is 9.47 Å². The molecule has 0 aromatic heterocycles. The molecule has 2 heterocycles. The minimum Gasteiger partial charge on any atom is -0.444 e. The Kier molecular flexibility index (Phi) is 4.79. The van der Waals surface area contributed by atoms with Crippen LogP contribution in [-0.4, -0.2) is 62.0 Å². The molecule has 2 fully saturated rings. The number of carbonyl (C=O) groups is 1. The van der Waals surface area contributed by atoms with Crippen molar-refractivity contribution in [2.45, 2.75) is 51.4 Å².